The Bertz CT molecular complexity index is 4750. The summed E-state index contributed by atoms with van der Waals surface area (Å²) in [6.45, 7) is 0.372. The molecule has 16 nitrogen and oxygen atoms in total. The minimum atomic E-state index is -1.97. The topological polar surface area (TPSA) is 246 Å². The van der Waals surface area contributed by atoms with Crippen molar-refractivity contribution in [3.8, 4) is 0 Å². The molecule has 0 spiro atoms. The smallest absolute Gasteiger partial charge is 0.261 e. The van der Waals surface area contributed by atoms with E-state index in [4.69, 9.17) is 17.2 Å². The molecule has 0 aliphatic carbocycles. The van der Waals surface area contributed by atoms with Crippen LogP contribution in [-0.2, 0) is 54.0 Å². The maximum atomic E-state index is 14.2. The first kappa shape index (κ1) is 82.9. The van der Waals surface area contributed by atoms with E-state index in [-0.39, 0.29) is 144 Å². The molecule has 7 N–H and O–H groups in total. The molecule has 113 heavy (non-hydrogen) atoms. The summed E-state index contributed by atoms with van der Waals surface area (Å²) in [4.78, 5) is 84.4. The molecule has 6 saturated heterocycles. The lowest BCUT2D eigenvalue weighted by Gasteiger charge is -2.41. The van der Waals surface area contributed by atoms with Gasteiger partial charge in [-0.1, -0.05) is 96.0 Å². The van der Waals surface area contributed by atoms with Crippen LogP contribution in [0.2, 0.25) is 0 Å². The van der Waals surface area contributed by atoms with Gasteiger partial charge in [-0.05, 0) is 220 Å². The van der Waals surface area contributed by atoms with Crippen LogP contribution in [0.15, 0.2) is 170 Å². The van der Waals surface area contributed by atoms with E-state index in [9.17, 15) is 77.0 Å². The van der Waals surface area contributed by atoms with Crippen molar-refractivity contribution in [2.24, 2.45) is 35.0 Å². The number of carbonyl (C=O) groups excluding carboxylic acids is 6. The normalized spacial score (nSPS) is 22.2. The van der Waals surface area contributed by atoms with Gasteiger partial charge in [0, 0.05) is 108 Å². The van der Waals surface area contributed by atoms with Crippen molar-refractivity contribution in [2.75, 3.05) is 5.75 Å². The number of amides is 6. The van der Waals surface area contributed by atoms with Crippen LogP contribution in [-0.4, -0.2) is 124 Å². The van der Waals surface area contributed by atoms with Crippen molar-refractivity contribution in [1.29, 1.82) is 0 Å². The summed E-state index contributed by atoms with van der Waals surface area (Å²) in [5.74, 6) is -9.32. The Labute approximate surface area is 657 Å². The van der Waals surface area contributed by atoms with Crippen molar-refractivity contribution in [3.63, 3.8) is 0 Å². The van der Waals surface area contributed by atoms with E-state index < -0.39 is 75.5 Å². The summed E-state index contributed by atoms with van der Waals surface area (Å²) in [5, 5.41) is 2.89. The molecule has 0 aromatic heterocycles. The molecule has 6 fully saturated rings. The van der Waals surface area contributed by atoms with Gasteiger partial charge in [0.25, 0.3) is 29.5 Å². The highest BCUT2D eigenvalue weighted by atomic mass is 32.2. The molecule has 15 rings (SSSR count). The number of halogens is 9. The molecule has 8 aromatic carbocycles. The average Bonchev–Trinajstić information content (AvgIpc) is 1.65. The molecule has 4 unspecified atom stereocenters. The number of nitrogens with one attached hydrogen (secondary N) is 1. The summed E-state index contributed by atoms with van der Waals surface area (Å²) in [7, 11) is 0. The molecule has 7 heterocycles. The number of hydrogen-bond acceptors (Lipinski definition) is 12. The maximum absolute atomic E-state index is 14.2. The first-order valence-corrected chi connectivity index (χ1v) is 39.9. The second kappa shape index (κ2) is 37.2. The lowest BCUT2D eigenvalue weighted by molar-refractivity contribution is -0.136. The number of nitrogens with zero attached hydrogens (tertiary/aromatic N) is 4. The predicted octanol–water partition coefficient (Wildman–Crippen LogP) is 14.0. The van der Waals surface area contributed by atoms with Gasteiger partial charge in [-0.3, -0.25) is 37.9 Å². The van der Waals surface area contributed by atoms with E-state index >= 15 is 0 Å². The van der Waals surface area contributed by atoms with Crippen LogP contribution >= 0.6 is 12.6 Å². The Morgan fingerprint density at radius 3 is 1.16 bits per heavy atom. The number of hydrogen-bond donors (Lipinski definition) is 5. The average molecular weight is 1600 g/mol. The lowest BCUT2D eigenvalue weighted by Crippen LogP contribution is -2.50. The highest BCUT2D eigenvalue weighted by molar-refractivity contribution is 7.80. The molecule has 8 aromatic rings. The summed E-state index contributed by atoms with van der Waals surface area (Å²) in [6.07, 6.45) is 10.3. The van der Waals surface area contributed by atoms with E-state index in [0.29, 0.717) is 96.0 Å². The van der Waals surface area contributed by atoms with Gasteiger partial charge < -0.3 is 41.8 Å². The number of nitrogens with two attached hydrogens (primary N) is 3. The van der Waals surface area contributed by atoms with E-state index in [0.717, 1.165) is 80.7 Å². The SMILES string of the molecule is N[C@H](Cc1cc(F)c(F)cc1F)C1C[C@H]2CC[C@@H](C1)N2C(=O)CCS.N[C@H](Cc1cc(F)c(F)cc1F)C1C[C@H]2CC[C@@H](C1)N2C(=O)c1cccc(CN2C(=O)c3ccccc3C2=O)c1.N[C@H](Cc1cc(F)c(F)cc1F)C1C[C@H]2CC[C@@H](C1)N2C(=O)c1cccc(CNC(=O)c2ccccc2)c1.O=S([O-])Cc1ccccc1. The Morgan fingerprint density at radius 2 is 0.770 bits per heavy atom. The zero-order valence-corrected chi connectivity index (χ0v) is 63.5. The molecule has 0 radical (unpaired) electrons. The second-order valence-corrected chi connectivity index (χ2v) is 31.7. The molecule has 13 atom stereocenters. The zero-order chi connectivity index (χ0) is 80.5. The van der Waals surface area contributed by atoms with Crippen molar-refractivity contribution >= 4 is 59.2 Å². The molecule has 7 aliphatic rings. The number of rotatable bonds is 20. The Balaban J connectivity index is 0.000000151. The number of imide groups is 1. The molecule has 7 aliphatic heterocycles. The third kappa shape index (κ3) is 19.8. The fraction of sp³-hybridized carbons (Fsp3) is 0.372. The van der Waals surface area contributed by atoms with Gasteiger partial charge in [-0.25, -0.2) is 39.5 Å². The van der Waals surface area contributed by atoms with Crippen molar-refractivity contribution in [3.05, 3.63) is 283 Å². The number of benzene rings is 8. The van der Waals surface area contributed by atoms with Crippen LogP contribution in [0.3, 0.4) is 0 Å². The van der Waals surface area contributed by atoms with Crippen molar-refractivity contribution < 1.29 is 77.0 Å². The third-order valence-corrected chi connectivity index (χ3v) is 23.8. The summed E-state index contributed by atoms with van der Waals surface area (Å²) in [6, 6.07) is 42.5. The molecule has 27 heteroatoms. The standard InChI is InChI=1S/C31H28F3N3O3.C30H30F3N3O2.C18H23F3N2OS.C7H8O2S/c32-25-15-27(34)26(33)13-19(25)14-28(35)20-11-21-8-9-22(12-20)37(21)29(38)18-5-3-4-17(10-18)16-36-30(39)23-6-1-2-7-24(23)31(36)40;31-25-16-27(33)26(32)14-21(25)15-28(34)22-12-23-9-10-24(13-22)36(23)30(38)20-8-4-5-18(11-20)17-35-29(37)19-6-2-1-3-7-19;19-14-9-16(21)15(20)7-10(14)8-17(22)11-5-12-1-2-13(6-11)23(12)18(24)3-4-25;8-10(9)6-7-4-2-1-3-5-7/h1-7,10,13,15,20-22,28H,8-9,11-12,14,16,35H2;1-8,11,14,16,22-24,28H,9-10,12-13,15,17,34H2,(H,35,37);7,9,11-13,17,25H,1-6,8,22H2;1-5H,6H2,(H,8,9)/p-1/t20?,21-,22+,28-;22?,23-,24+,28-;11?,12-,13+,17-;/m111./s1. The van der Waals surface area contributed by atoms with Crippen LogP contribution < -0.4 is 22.5 Å². The largest absolute Gasteiger partial charge is 0.772 e. The van der Waals surface area contributed by atoms with Crippen molar-refractivity contribution in [2.45, 2.75) is 176 Å². The number of thiol groups is 1. The van der Waals surface area contributed by atoms with Crippen molar-refractivity contribution in [1.82, 2.24) is 24.9 Å². The minimum absolute atomic E-state index is 0.00854. The van der Waals surface area contributed by atoms with Crippen LogP contribution in [0.4, 0.5) is 39.5 Å². The minimum Gasteiger partial charge on any atom is -0.772 e. The first-order valence-electron chi connectivity index (χ1n) is 38.0. The van der Waals surface area contributed by atoms with Crippen LogP contribution in [0.5, 0.6) is 0 Å². The fourth-order valence-electron chi connectivity index (χ4n) is 17.5. The van der Waals surface area contributed by atoms with Gasteiger partial charge in [0.2, 0.25) is 5.91 Å². The molecular weight excluding hydrogens is 1510 g/mol. The van der Waals surface area contributed by atoms with E-state index in [1.807, 2.05) is 57.2 Å². The Morgan fingerprint density at radius 1 is 0.434 bits per heavy atom. The zero-order valence-electron chi connectivity index (χ0n) is 61.8. The fourth-order valence-corrected chi connectivity index (χ4v) is 18.1. The lowest BCUT2D eigenvalue weighted by atomic mass is 9.82. The molecule has 6 bridgehead atoms. The third-order valence-electron chi connectivity index (χ3n) is 23.0. The van der Waals surface area contributed by atoms with Gasteiger partial charge in [0.05, 0.1) is 17.7 Å². The van der Waals surface area contributed by atoms with Gasteiger partial charge in [-0.2, -0.15) is 12.6 Å². The summed E-state index contributed by atoms with van der Waals surface area (Å²) < 4.78 is 143. The van der Waals surface area contributed by atoms with Crippen LogP contribution in [0, 0.1) is 70.1 Å². The van der Waals surface area contributed by atoms with Gasteiger partial charge >= 0.3 is 0 Å². The number of fused-ring (bicyclic) bond motifs is 7. The van der Waals surface area contributed by atoms with E-state index in [1.54, 1.807) is 91.0 Å². The highest BCUT2D eigenvalue weighted by Crippen LogP contribution is 2.44. The second-order valence-electron chi connectivity index (χ2n) is 30.4. The highest BCUT2D eigenvalue weighted by Gasteiger charge is 2.48. The summed E-state index contributed by atoms with van der Waals surface area (Å²) >= 11 is 2.16. The molecule has 596 valence electrons. The van der Waals surface area contributed by atoms with Gasteiger partial charge in [-0.15, -0.1) is 0 Å². The molecule has 6 amide bonds. The molecule has 0 saturated carbocycles. The van der Waals surface area contributed by atoms with Gasteiger partial charge in [0.1, 0.15) is 17.5 Å². The quantitative estimate of drug-likeness (QED) is 0.0158. The Kier molecular flexibility index (Phi) is 27.3. The predicted molar refractivity (Wildman–Crippen MR) is 410 cm³/mol. The first-order chi connectivity index (χ1) is 54.2. The maximum Gasteiger partial charge on any atom is 0.261 e. The summed E-state index contributed by atoms with van der Waals surface area (Å²) in [5.41, 5.74) is 24.1. The molecular formula is C86H88F9N8O8S2-. The number of carbonyl (C=O) groups is 6. The van der Waals surface area contributed by atoms with Crippen LogP contribution in [0.25, 0.3) is 0 Å². The van der Waals surface area contributed by atoms with E-state index in [2.05, 4.69) is 17.9 Å². The monoisotopic (exact) mass is 1600 g/mol. The van der Waals surface area contributed by atoms with Crippen LogP contribution in [0.1, 0.15) is 169 Å². The number of piperidine rings is 3. The van der Waals surface area contributed by atoms with Gasteiger partial charge in [0.15, 0.2) is 34.9 Å². The Hall–Kier alpha value is -9.51. The van der Waals surface area contributed by atoms with E-state index in [1.165, 1.54) is 4.90 Å².